The van der Waals surface area contributed by atoms with Crippen molar-refractivity contribution in [3.05, 3.63) is 18.2 Å². The Labute approximate surface area is 74.8 Å². The van der Waals surface area contributed by atoms with E-state index in [-0.39, 0.29) is 5.75 Å². The molecule has 0 amide bonds. The lowest BCUT2D eigenvalue weighted by molar-refractivity contribution is 0.383. The van der Waals surface area contributed by atoms with Crippen molar-refractivity contribution in [2.24, 2.45) is 0 Å². The van der Waals surface area contributed by atoms with Gasteiger partial charge in [0, 0.05) is 0 Å². The summed E-state index contributed by atoms with van der Waals surface area (Å²) in [5, 5.41) is 8.69. The normalized spacial score (nSPS) is 11.3. The minimum Gasteiger partial charge on any atom is -0.507 e. The fourth-order valence-electron chi connectivity index (χ4n) is 0.864. The van der Waals surface area contributed by atoms with Crippen molar-refractivity contribution in [1.82, 2.24) is 0 Å². The van der Waals surface area contributed by atoms with Gasteiger partial charge in [0.1, 0.15) is 16.8 Å². The predicted octanol–water partition coefficient (Wildman–Crippen LogP) is 0.204. The maximum atomic E-state index is 10.8. The maximum Gasteiger partial charge on any atom is 0.360 e. The molecule has 0 saturated carbocycles. The van der Waals surface area contributed by atoms with Gasteiger partial charge in [-0.15, -0.1) is 0 Å². The van der Waals surface area contributed by atoms with Gasteiger partial charge in [0.25, 0.3) is 0 Å². The molecule has 0 bridgehead atoms. The third-order valence-corrected chi connectivity index (χ3v) is 2.48. The minimum atomic E-state index is -4.43. The van der Waals surface area contributed by atoms with Crippen LogP contribution in [-0.4, -0.2) is 22.0 Å². The highest BCUT2D eigenvalue weighted by Gasteiger charge is 2.22. The summed E-state index contributed by atoms with van der Waals surface area (Å²) in [7, 11) is -3.05. The second-order valence-corrected chi connectivity index (χ2v) is 3.97. The smallest absolute Gasteiger partial charge is 0.360 e. The predicted molar refractivity (Wildman–Crippen MR) is 46.3 cm³/mol. The van der Waals surface area contributed by atoms with E-state index >= 15 is 0 Å². The van der Waals surface area contributed by atoms with E-state index in [2.05, 4.69) is 0 Å². The van der Waals surface area contributed by atoms with Crippen molar-refractivity contribution in [3.8, 4) is 11.5 Å². The number of methoxy groups -OCH3 is 1. The highest BCUT2D eigenvalue weighted by Crippen LogP contribution is 2.38. The number of hydrogen-bond donors (Lipinski definition) is 3. The largest absolute Gasteiger partial charge is 0.507 e. The summed E-state index contributed by atoms with van der Waals surface area (Å²) in [6, 6.07) is 3.69. The minimum absolute atomic E-state index is 0.288. The van der Waals surface area contributed by atoms with Crippen LogP contribution in [0.2, 0.25) is 0 Å². The van der Waals surface area contributed by atoms with Gasteiger partial charge >= 0.3 is 7.60 Å². The molecule has 0 spiro atoms. The third kappa shape index (κ3) is 2.21. The van der Waals surface area contributed by atoms with Crippen molar-refractivity contribution in [1.29, 1.82) is 0 Å². The Balaban J connectivity index is 3.27. The molecule has 0 aliphatic carbocycles. The fraction of sp³-hybridized carbons (Fsp3) is 0.143. The van der Waals surface area contributed by atoms with Crippen molar-refractivity contribution in [2.45, 2.75) is 0 Å². The Bertz CT molecular complexity index is 356. The third-order valence-electron chi connectivity index (χ3n) is 1.50. The molecule has 3 N–H and O–H groups in total. The topological polar surface area (TPSA) is 87.0 Å². The van der Waals surface area contributed by atoms with Gasteiger partial charge in [-0.3, -0.25) is 4.57 Å². The number of rotatable bonds is 2. The van der Waals surface area contributed by atoms with Crippen LogP contribution in [0.1, 0.15) is 0 Å². The molecule has 1 aromatic carbocycles. The lowest BCUT2D eigenvalue weighted by atomic mass is 10.3. The van der Waals surface area contributed by atoms with Gasteiger partial charge < -0.3 is 19.6 Å². The zero-order valence-electron chi connectivity index (χ0n) is 6.84. The molecule has 0 heterocycles. The van der Waals surface area contributed by atoms with Crippen LogP contribution in [-0.2, 0) is 4.57 Å². The van der Waals surface area contributed by atoms with Crippen LogP contribution in [0.5, 0.6) is 11.5 Å². The molecule has 5 nitrogen and oxygen atoms in total. The first-order chi connectivity index (χ1) is 5.95. The molecule has 1 aromatic rings. The fourth-order valence-corrected chi connectivity index (χ4v) is 1.53. The highest BCUT2D eigenvalue weighted by molar-refractivity contribution is 7.60. The molecule has 0 aliphatic heterocycles. The van der Waals surface area contributed by atoms with Gasteiger partial charge in [-0.1, -0.05) is 0 Å². The summed E-state index contributed by atoms with van der Waals surface area (Å²) in [4.78, 5) is 17.6. The van der Waals surface area contributed by atoms with E-state index in [1.807, 2.05) is 0 Å². The molecule has 0 aromatic heterocycles. The van der Waals surface area contributed by atoms with Crippen molar-refractivity contribution in [2.75, 3.05) is 7.11 Å². The number of phenols is 1. The number of hydrogen-bond acceptors (Lipinski definition) is 3. The Hall–Kier alpha value is -1.03. The summed E-state index contributed by atoms with van der Waals surface area (Å²) < 4.78 is 15.6. The van der Waals surface area contributed by atoms with Gasteiger partial charge in [0.15, 0.2) is 0 Å². The Morgan fingerprint density at radius 2 is 2.00 bits per heavy atom. The molecule has 0 radical (unpaired) electrons. The van der Waals surface area contributed by atoms with Gasteiger partial charge in [0.2, 0.25) is 0 Å². The van der Waals surface area contributed by atoms with Crippen molar-refractivity contribution >= 4 is 12.9 Å². The van der Waals surface area contributed by atoms with Gasteiger partial charge in [-0.05, 0) is 18.2 Å². The zero-order valence-corrected chi connectivity index (χ0v) is 7.73. The van der Waals surface area contributed by atoms with Gasteiger partial charge in [-0.2, -0.15) is 0 Å². The molecule has 6 heteroatoms. The van der Waals surface area contributed by atoms with Crippen LogP contribution in [0.15, 0.2) is 18.2 Å². The molecule has 13 heavy (non-hydrogen) atoms. The molecule has 0 aliphatic rings. The van der Waals surface area contributed by atoms with E-state index in [9.17, 15) is 4.57 Å². The van der Waals surface area contributed by atoms with Crippen LogP contribution < -0.4 is 10.0 Å². The first kappa shape index (κ1) is 10.1. The van der Waals surface area contributed by atoms with Gasteiger partial charge in [-0.25, -0.2) is 0 Å². The molecular weight excluding hydrogens is 195 g/mol. The van der Waals surface area contributed by atoms with E-state index in [1.54, 1.807) is 0 Å². The molecule has 0 atom stereocenters. The first-order valence-electron chi connectivity index (χ1n) is 3.38. The number of ether oxygens (including phenoxy) is 1. The molecule has 0 saturated heterocycles. The van der Waals surface area contributed by atoms with E-state index < -0.39 is 18.6 Å². The van der Waals surface area contributed by atoms with Crippen LogP contribution in [0.3, 0.4) is 0 Å². The molecule has 0 unspecified atom stereocenters. The maximum absolute atomic E-state index is 10.8. The second-order valence-electron chi connectivity index (χ2n) is 2.40. The average molecular weight is 204 g/mol. The first-order valence-corrected chi connectivity index (χ1v) is 4.99. The lowest BCUT2D eigenvalue weighted by Gasteiger charge is -2.07. The van der Waals surface area contributed by atoms with Crippen LogP contribution in [0, 0.1) is 0 Å². The SMILES string of the molecule is COc1ccc(O)c(P(=O)(O)O)c1. The van der Waals surface area contributed by atoms with E-state index in [0.717, 1.165) is 6.07 Å². The Morgan fingerprint density at radius 3 is 2.46 bits per heavy atom. The Kier molecular flexibility index (Phi) is 2.61. The number of benzene rings is 1. The van der Waals surface area contributed by atoms with Gasteiger partial charge in [0.05, 0.1) is 7.11 Å². The highest BCUT2D eigenvalue weighted by atomic mass is 31.2. The molecule has 1 rings (SSSR count). The summed E-state index contributed by atoms with van der Waals surface area (Å²) in [6.07, 6.45) is 0. The van der Waals surface area contributed by atoms with Crippen LogP contribution in [0.25, 0.3) is 0 Å². The number of phenolic OH excluding ortho intramolecular Hbond substituents is 1. The average Bonchev–Trinajstić information content (AvgIpc) is 2.03. The summed E-state index contributed by atoms with van der Waals surface area (Å²) in [6.45, 7) is 0. The Morgan fingerprint density at radius 1 is 1.38 bits per heavy atom. The molecular formula is C7H9O5P. The standard InChI is InChI=1S/C7H9O5P/c1-12-5-2-3-6(8)7(4-5)13(9,10)11/h2-4,8H,1H3,(H2,9,10,11). The van der Waals surface area contributed by atoms with E-state index in [0.29, 0.717) is 0 Å². The van der Waals surface area contributed by atoms with E-state index in [4.69, 9.17) is 19.6 Å². The quantitative estimate of drug-likeness (QED) is 0.599. The molecule has 72 valence electrons. The lowest BCUT2D eigenvalue weighted by Crippen LogP contribution is -2.04. The van der Waals surface area contributed by atoms with Crippen LogP contribution in [0.4, 0.5) is 0 Å². The van der Waals surface area contributed by atoms with Crippen molar-refractivity contribution in [3.63, 3.8) is 0 Å². The summed E-state index contributed by atoms with van der Waals surface area (Å²) >= 11 is 0. The van der Waals surface area contributed by atoms with Crippen molar-refractivity contribution < 1.29 is 24.2 Å². The van der Waals surface area contributed by atoms with E-state index in [1.165, 1.54) is 19.2 Å². The second kappa shape index (κ2) is 3.38. The number of aromatic hydroxyl groups is 1. The monoisotopic (exact) mass is 204 g/mol. The summed E-state index contributed by atoms with van der Waals surface area (Å²) in [5.41, 5.74) is 0. The van der Waals surface area contributed by atoms with Crippen LogP contribution >= 0.6 is 7.60 Å². The zero-order chi connectivity index (χ0) is 10.1. The molecule has 0 fully saturated rings. The summed E-state index contributed by atoms with van der Waals surface area (Å²) in [5.74, 6) is -0.148.